The van der Waals surface area contributed by atoms with Crippen LogP contribution in [0, 0.1) is 0 Å². The second-order valence-corrected chi connectivity index (χ2v) is 24.0. The minimum atomic E-state index is -0.789. The molecule has 0 spiro atoms. The molecule has 0 bridgehead atoms. The van der Waals surface area contributed by atoms with E-state index in [1.165, 1.54) is 0 Å². The predicted octanol–water partition coefficient (Wildman–Crippen LogP) is 10.9. The minimum absolute atomic E-state index is 0.145. The van der Waals surface area contributed by atoms with E-state index in [0.29, 0.717) is 94.5 Å². The number of unbranched alkanes of at least 4 members (excludes halogenated alkanes) is 3. The van der Waals surface area contributed by atoms with Crippen LogP contribution >= 0.6 is 34.0 Å². The van der Waals surface area contributed by atoms with Gasteiger partial charge in [0.2, 0.25) is 35.4 Å². The number of thiophene rings is 3. The van der Waals surface area contributed by atoms with Crippen LogP contribution in [0.2, 0.25) is 0 Å². The molecule has 0 saturated carbocycles. The second-order valence-electron chi connectivity index (χ2n) is 21.3. The van der Waals surface area contributed by atoms with Crippen molar-refractivity contribution in [2.75, 3.05) is 35.6 Å². The predicted molar refractivity (Wildman–Crippen MR) is 347 cm³/mol. The molecule has 18 heteroatoms. The van der Waals surface area contributed by atoms with E-state index >= 15 is 0 Å². The molecule has 9 rings (SSSR count). The van der Waals surface area contributed by atoms with Crippen LogP contribution in [-0.2, 0) is 48.0 Å². The molecule has 0 aliphatic carbocycles. The Kier molecular flexibility index (Phi) is 22.1. The number of amides is 6. The van der Waals surface area contributed by atoms with E-state index in [9.17, 15) is 28.8 Å². The Labute approximate surface area is 507 Å². The number of benzene rings is 6. The molecule has 0 unspecified atom stereocenters. The van der Waals surface area contributed by atoms with E-state index in [1.807, 2.05) is 162 Å². The van der Waals surface area contributed by atoms with Gasteiger partial charge >= 0.3 is 0 Å². The summed E-state index contributed by atoms with van der Waals surface area (Å²) >= 11 is 4.75. The summed E-state index contributed by atoms with van der Waals surface area (Å²) in [5, 5.41) is 27.1. The molecule has 0 aliphatic rings. The maximum atomic E-state index is 14.0. The molecule has 3 aromatic heterocycles. The van der Waals surface area contributed by atoms with Gasteiger partial charge < -0.3 is 49.1 Å². The van der Waals surface area contributed by atoms with Crippen LogP contribution in [0.25, 0.3) is 30.3 Å². The van der Waals surface area contributed by atoms with Gasteiger partial charge in [-0.05, 0) is 198 Å². The van der Waals surface area contributed by atoms with Crippen molar-refractivity contribution in [3.05, 3.63) is 195 Å². The van der Waals surface area contributed by atoms with Crippen molar-refractivity contribution in [1.82, 2.24) is 16.0 Å². The third-order valence-electron chi connectivity index (χ3n) is 15.1. The van der Waals surface area contributed by atoms with Gasteiger partial charge in [0, 0.05) is 37.1 Å². The molecule has 9 aromatic rings. The van der Waals surface area contributed by atoms with E-state index in [0.717, 1.165) is 63.6 Å². The highest BCUT2D eigenvalue weighted by molar-refractivity contribution is 7.18. The number of rotatable bonds is 30. The number of hydrogen-bond donors (Lipinski definition) is 9. The van der Waals surface area contributed by atoms with Crippen molar-refractivity contribution in [2.45, 2.75) is 101 Å². The second kappa shape index (κ2) is 30.6. The van der Waals surface area contributed by atoms with Crippen molar-refractivity contribution >= 4 is 117 Å². The van der Waals surface area contributed by atoms with Crippen LogP contribution in [-0.4, -0.2) is 73.2 Å². The summed E-state index contributed by atoms with van der Waals surface area (Å²) in [4.78, 5) is 82.5. The summed E-state index contributed by atoms with van der Waals surface area (Å²) in [5.74, 6) is -2.12. The molecular weight excluding hydrogens is 1120 g/mol. The van der Waals surface area contributed by atoms with Crippen molar-refractivity contribution in [2.24, 2.45) is 17.2 Å². The van der Waals surface area contributed by atoms with Crippen LogP contribution in [0.1, 0.15) is 97.1 Å². The fourth-order valence-electron chi connectivity index (χ4n) is 10.6. The average Bonchev–Trinajstić information content (AvgIpc) is 4.40. The normalized spacial score (nSPS) is 12.4. The Bertz CT molecular complexity index is 3330. The number of fused-ring (bicyclic) bond motifs is 3. The third kappa shape index (κ3) is 16.8. The Morgan fingerprint density at radius 1 is 0.353 bits per heavy atom. The zero-order valence-electron chi connectivity index (χ0n) is 47.4. The van der Waals surface area contributed by atoms with Gasteiger partial charge in [0.05, 0.1) is 19.3 Å². The Morgan fingerprint density at radius 2 is 0.624 bits per heavy atom. The zero-order valence-corrected chi connectivity index (χ0v) is 49.9. The standard InChI is InChI=1S/C67H73N9O6S3/c68-34-10-7-16-55(74-61(77)37-46-40-83-58-19-4-1-13-52(46)58)65(80)71-49-28-22-43(23-29-49)64(44-24-30-50(31-25-44)72-66(81)56(17-8-11-35-69)75-62(78)38-47-41-84-59-20-5-2-14-53(47)59)45-26-32-51(33-27-45)73-67(82)57(18-9-12-36-70)76-63(79)39-48-42-85-60-21-6-3-15-54(48)60/h1-6,13-15,19-33,40-42,55-57,64H,7-12,16-18,34-39,68-70H2,(H,71,80)(H,72,81)(H,73,82)(H,74,77)(H,75,78)(H,76,79)/t55-,56-,57-/m0/s1. The quantitative estimate of drug-likeness (QED) is 0.0153. The van der Waals surface area contributed by atoms with Crippen LogP contribution in [0.5, 0.6) is 0 Å². The smallest absolute Gasteiger partial charge is 0.246 e. The van der Waals surface area contributed by atoms with Gasteiger partial charge in [0.1, 0.15) is 18.1 Å². The van der Waals surface area contributed by atoms with Gasteiger partial charge in [0.25, 0.3) is 0 Å². The third-order valence-corrected chi connectivity index (χ3v) is 18.1. The Hall–Kier alpha value is -8.10. The molecule has 6 aromatic carbocycles. The van der Waals surface area contributed by atoms with Gasteiger partial charge in [0.15, 0.2) is 0 Å². The van der Waals surface area contributed by atoms with Crippen molar-refractivity contribution in [3.63, 3.8) is 0 Å². The van der Waals surface area contributed by atoms with Gasteiger partial charge in [-0.3, -0.25) is 28.8 Å². The van der Waals surface area contributed by atoms with Crippen molar-refractivity contribution in [1.29, 1.82) is 0 Å². The number of nitrogens with two attached hydrogens (primary N) is 3. The number of carbonyl (C=O) groups excluding carboxylic acids is 6. The number of nitrogens with one attached hydrogen (secondary N) is 6. The highest BCUT2D eigenvalue weighted by Gasteiger charge is 2.26. The average molecular weight is 1200 g/mol. The monoisotopic (exact) mass is 1200 g/mol. The van der Waals surface area contributed by atoms with Crippen molar-refractivity contribution in [3.8, 4) is 0 Å². The Balaban J connectivity index is 0.925. The molecule has 3 heterocycles. The van der Waals surface area contributed by atoms with Crippen molar-refractivity contribution < 1.29 is 28.8 Å². The maximum Gasteiger partial charge on any atom is 0.246 e. The first-order valence-corrected chi connectivity index (χ1v) is 31.7. The lowest BCUT2D eigenvalue weighted by Gasteiger charge is -2.22. The van der Waals surface area contributed by atoms with Gasteiger partial charge in [-0.25, -0.2) is 0 Å². The fourth-order valence-corrected chi connectivity index (χ4v) is 13.5. The lowest BCUT2D eigenvalue weighted by Crippen LogP contribution is -2.44. The lowest BCUT2D eigenvalue weighted by atomic mass is 9.85. The Morgan fingerprint density at radius 3 is 0.894 bits per heavy atom. The topological polar surface area (TPSA) is 253 Å². The van der Waals surface area contributed by atoms with Crippen LogP contribution in [0.15, 0.2) is 162 Å². The first-order valence-electron chi connectivity index (χ1n) is 29.0. The summed E-state index contributed by atoms with van der Waals surface area (Å²) in [5.41, 5.74) is 24.5. The SMILES string of the molecule is NCCCC[C@H](NC(=O)Cc1csc2ccccc12)C(=O)Nc1ccc(C(c2ccc(NC(=O)[C@H](CCCCN)NC(=O)Cc3csc4ccccc34)cc2)c2ccc(NC(=O)[C@H](CCCCN)NC(=O)Cc3csc4ccccc34)cc2)cc1. The number of carbonyl (C=O) groups is 6. The summed E-state index contributed by atoms with van der Waals surface area (Å²) in [6, 6.07) is 44.1. The fraction of sp³-hybridized carbons (Fsp3) is 0.284. The molecular formula is C67H73N9O6S3. The van der Waals surface area contributed by atoms with E-state index in [4.69, 9.17) is 17.2 Å². The van der Waals surface area contributed by atoms with Gasteiger partial charge in [-0.15, -0.1) is 34.0 Å². The highest BCUT2D eigenvalue weighted by atomic mass is 32.1. The number of anilines is 3. The van der Waals surface area contributed by atoms with Crippen LogP contribution < -0.4 is 49.1 Å². The van der Waals surface area contributed by atoms with Crippen LogP contribution in [0.4, 0.5) is 17.1 Å². The molecule has 15 nitrogen and oxygen atoms in total. The first-order chi connectivity index (χ1) is 41.5. The molecule has 0 saturated heterocycles. The first kappa shape index (κ1) is 61.5. The maximum absolute atomic E-state index is 14.0. The molecule has 0 radical (unpaired) electrons. The molecule has 0 fully saturated rings. The summed E-state index contributed by atoms with van der Waals surface area (Å²) in [6.45, 7) is 1.40. The van der Waals surface area contributed by atoms with Gasteiger partial charge in [-0.2, -0.15) is 0 Å². The lowest BCUT2D eigenvalue weighted by molar-refractivity contribution is -0.126. The molecule has 0 aliphatic heterocycles. The largest absolute Gasteiger partial charge is 0.344 e. The molecule has 12 N–H and O–H groups in total. The van der Waals surface area contributed by atoms with Crippen LogP contribution in [0.3, 0.4) is 0 Å². The minimum Gasteiger partial charge on any atom is -0.344 e. The summed E-state index contributed by atoms with van der Waals surface area (Å²) in [6.07, 6.45) is 5.76. The number of hydrogen-bond acceptors (Lipinski definition) is 12. The van der Waals surface area contributed by atoms with E-state index in [-0.39, 0.29) is 60.6 Å². The molecule has 6 amide bonds. The molecule has 440 valence electrons. The summed E-state index contributed by atoms with van der Waals surface area (Å²) < 4.78 is 3.28. The molecule has 85 heavy (non-hydrogen) atoms. The van der Waals surface area contributed by atoms with E-state index < -0.39 is 18.1 Å². The summed E-state index contributed by atoms with van der Waals surface area (Å²) in [7, 11) is 0. The highest BCUT2D eigenvalue weighted by Crippen LogP contribution is 2.35. The van der Waals surface area contributed by atoms with E-state index in [1.54, 1.807) is 34.0 Å². The molecule has 3 atom stereocenters. The van der Waals surface area contributed by atoms with Gasteiger partial charge in [-0.1, -0.05) is 91.0 Å². The van der Waals surface area contributed by atoms with E-state index in [2.05, 4.69) is 31.9 Å². The zero-order chi connectivity index (χ0) is 59.5.